The summed E-state index contributed by atoms with van der Waals surface area (Å²) in [7, 11) is 0. The van der Waals surface area contributed by atoms with Gasteiger partial charge in [-0.05, 0) is 74.6 Å². The third-order valence-corrected chi connectivity index (χ3v) is 5.72. The number of phenolic OH excluding ortho intramolecular Hbond substituents is 1. The summed E-state index contributed by atoms with van der Waals surface area (Å²) >= 11 is 0. The number of ether oxygens (including phenoxy) is 1. The van der Waals surface area contributed by atoms with Gasteiger partial charge in [-0.15, -0.1) is 0 Å². The van der Waals surface area contributed by atoms with Crippen LogP contribution < -0.4 is 5.32 Å². The zero-order chi connectivity index (χ0) is 23.6. The number of phenols is 1. The lowest BCUT2D eigenvalue weighted by Crippen LogP contribution is -2.39. The largest absolute Gasteiger partial charge is 0.508 e. The van der Waals surface area contributed by atoms with Crippen LogP contribution in [0.4, 0.5) is 4.79 Å². The minimum absolute atomic E-state index is 0.0138. The number of aromatic amines is 1. The van der Waals surface area contributed by atoms with Crippen molar-refractivity contribution in [3.63, 3.8) is 0 Å². The lowest BCUT2D eigenvalue weighted by atomic mass is 9.99. The molecule has 0 fully saturated rings. The maximum Gasteiger partial charge on any atom is 0.407 e. The Labute approximate surface area is 193 Å². The van der Waals surface area contributed by atoms with Gasteiger partial charge < -0.3 is 25.0 Å². The van der Waals surface area contributed by atoms with Crippen LogP contribution in [-0.4, -0.2) is 45.7 Å². The second kappa shape index (κ2) is 9.17. The van der Waals surface area contributed by atoms with Crippen LogP contribution in [0.15, 0.2) is 42.5 Å². The first kappa shape index (κ1) is 22.7. The van der Waals surface area contributed by atoms with Crippen LogP contribution in [0.1, 0.15) is 49.6 Å². The Morgan fingerprint density at radius 2 is 1.94 bits per heavy atom. The minimum Gasteiger partial charge on any atom is -0.508 e. The Hall–Kier alpha value is -3.48. The SMILES string of the molecule is CC(C)(C)OC(=O)NCCC(=O)N1CCc2c([nH]c3ccc(Cc4cccc(O)c4)cc23)C1. The molecule has 2 aromatic carbocycles. The maximum atomic E-state index is 12.7. The van der Waals surface area contributed by atoms with E-state index < -0.39 is 11.7 Å². The first-order valence-corrected chi connectivity index (χ1v) is 11.3. The number of rotatable bonds is 5. The molecule has 0 saturated heterocycles. The number of amides is 2. The molecule has 1 aromatic heterocycles. The van der Waals surface area contributed by atoms with Gasteiger partial charge in [-0.3, -0.25) is 4.79 Å². The van der Waals surface area contributed by atoms with E-state index in [2.05, 4.69) is 28.5 Å². The average molecular weight is 450 g/mol. The molecule has 174 valence electrons. The molecule has 33 heavy (non-hydrogen) atoms. The molecule has 7 nitrogen and oxygen atoms in total. The van der Waals surface area contributed by atoms with Gasteiger partial charge in [0.25, 0.3) is 0 Å². The monoisotopic (exact) mass is 449 g/mol. The molecule has 1 aliphatic rings. The number of hydrogen-bond acceptors (Lipinski definition) is 4. The van der Waals surface area contributed by atoms with E-state index in [1.54, 1.807) is 32.9 Å². The van der Waals surface area contributed by atoms with Crippen LogP contribution in [0.2, 0.25) is 0 Å². The molecule has 0 radical (unpaired) electrons. The van der Waals surface area contributed by atoms with Gasteiger partial charge in [-0.1, -0.05) is 18.2 Å². The molecule has 3 aromatic rings. The van der Waals surface area contributed by atoms with Crippen LogP contribution in [0.5, 0.6) is 5.75 Å². The van der Waals surface area contributed by atoms with Gasteiger partial charge in [-0.25, -0.2) is 4.79 Å². The van der Waals surface area contributed by atoms with Crippen LogP contribution in [0, 0.1) is 0 Å². The molecule has 4 rings (SSSR count). The highest BCUT2D eigenvalue weighted by molar-refractivity contribution is 5.86. The van der Waals surface area contributed by atoms with Gasteiger partial charge in [0.2, 0.25) is 5.91 Å². The van der Waals surface area contributed by atoms with E-state index in [4.69, 9.17) is 4.74 Å². The van der Waals surface area contributed by atoms with Crippen LogP contribution in [0.3, 0.4) is 0 Å². The number of alkyl carbamates (subject to hydrolysis) is 1. The maximum absolute atomic E-state index is 12.7. The standard InChI is InChI=1S/C26H31N3O4/c1-26(2,3)33-25(32)27-11-9-24(31)29-12-10-20-21-15-18(7-8-22(21)28-23(20)16-29)13-17-5-4-6-19(30)14-17/h4-8,14-15,28,30H,9-13,16H2,1-3H3,(H,27,32). The number of carbonyl (C=O) groups excluding carboxylic acids is 2. The molecule has 0 spiro atoms. The van der Waals surface area contributed by atoms with Gasteiger partial charge in [0.1, 0.15) is 11.4 Å². The van der Waals surface area contributed by atoms with E-state index in [9.17, 15) is 14.7 Å². The second-order valence-electron chi connectivity index (χ2n) is 9.55. The van der Waals surface area contributed by atoms with Gasteiger partial charge in [0.15, 0.2) is 0 Å². The smallest absolute Gasteiger partial charge is 0.407 e. The van der Waals surface area contributed by atoms with Gasteiger partial charge in [0.05, 0.1) is 6.54 Å². The summed E-state index contributed by atoms with van der Waals surface area (Å²) in [6.45, 7) is 6.86. The Morgan fingerprint density at radius 3 is 2.70 bits per heavy atom. The molecule has 0 saturated carbocycles. The number of carbonyl (C=O) groups is 2. The van der Waals surface area contributed by atoms with Crippen molar-refractivity contribution in [3.8, 4) is 5.75 Å². The molecule has 1 aliphatic heterocycles. The molecule has 0 atom stereocenters. The predicted molar refractivity (Wildman–Crippen MR) is 127 cm³/mol. The van der Waals surface area contributed by atoms with Crippen molar-refractivity contribution in [1.29, 1.82) is 0 Å². The third-order valence-electron chi connectivity index (χ3n) is 5.72. The van der Waals surface area contributed by atoms with Crippen molar-refractivity contribution in [2.24, 2.45) is 0 Å². The zero-order valence-electron chi connectivity index (χ0n) is 19.4. The summed E-state index contributed by atoms with van der Waals surface area (Å²) in [5.41, 5.74) is 5.09. The van der Waals surface area contributed by atoms with Crippen molar-refractivity contribution in [2.75, 3.05) is 13.1 Å². The van der Waals surface area contributed by atoms with Crippen molar-refractivity contribution in [1.82, 2.24) is 15.2 Å². The predicted octanol–water partition coefficient (Wildman–Crippen LogP) is 4.26. The lowest BCUT2D eigenvalue weighted by Gasteiger charge is -2.27. The first-order chi connectivity index (χ1) is 15.7. The summed E-state index contributed by atoms with van der Waals surface area (Å²) in [6, 6.07) is 13.7. The number of nitrogens with one attached hydrogen (secondary N) is 2. The van der Waals surface area contributed by atoms with Gasteiger partial charge in [-0.2, -0.15) is 0 Å². The summed E-state index contributed by atoms with van der Waals surface area (Å²) in [5.74, 6) is 0.290. The van der Waals surface area contributed by atoms with Gasteiger partial charge in [0, 0.05) is 36.1 Å². The molecule has 3 N–H and O–H groups in total. The van der Waals surface area contributed by atoms with E-state index in [-0.39, 0.29) is 24.6 Å². The summed E-state index contributed by atoms with van der Waals surface area (Å²) in [5, 5.41) is 13.6. The van der Waals surface area contributed by atoms with E-state index >= 15 is 0 Å². The summed E-state index contributed by atoms with van der Waals surface area (Å²) in [4.78, 5) is 29.8. The Kier molecular flexibility index (Phi) is 6.31. The van der Waals surface area contributed by atoms with Crippen LogP contribution in [0.25, 0.3) is 10.9 Å². The van der Waals surface area contributed by atoms with E-state index in [0.29, 0.717) is 13.1 Å². The first-order valence-electron chi connectivity index (χ1n) is 11.3. The molecule has 0 bridgehead atoms. The van der Waals surface area contributed by atoms with Crippen molar-refractivity contribution < 1.29 is 19.4 Å². The Balaban J connectivity index is 1.38. The molecule has 0 aliphatic carbocycles. The number of hydrogen-bond donors (Lipinski definition) is 3. The summed E-state index contributed by atoms with van der Waals surface area (Å²) in [6.07, 6.45) is 1.27. The number of nitrogens with zero attached hydrogens (tertiary/aromatic N) is 1. The summed E-state index contributed by atoms with van der Waals surface area (Å²) < 4.78 is 5.21. The van der Waals surface area contributed by atoms with Crippen molar-refractivity contribution in [2.45, 2.75) is 52.2 Å². The Bertz CT molecular complexity index is 1180. The lowest BCUT2D eigenvalue weighted by molar-refractivity contribution is -0.132. The molecule has 2 amide bonds. The normalized spacial score (nSPS) is 13.6. The topological polar surface area (TPSA) is 94.7 Å². The van der Waals surface area contributed by atoms with Crippen LogP contribution in [-0.2, 0) is 28.9 Å². The van der Waals surface area contributed by atoms with E-state index in [1.165, 1.54) is 16.5 Å². The quantitative estimate of drug-likeness (QED) is 0.542. The number of H-pyrrole nitrogens is 1. The molecular formula is C26H31N3O4. The number of aromatic hydroxyl groups is 1. The molecule has 0 unspecified atom stereocenters. The fourth-order valence-electron chi connectivity index (χ4n) is 4.26. The fourth-order valence-corrected chi connectivity index (χ4v) is 4.26. The van der Waals surface area contributed by atoms with Crippen LogP contribution >= 0.6 is 0 Å². The fraction of sp³-hybridized carbons (Fsp3) is 0.385. The highest BCUT2D eigenvalue weighted by Crippen LogP contribution is 2.29. The number of benzene rings is 2. The van der Waals surface area contributed by atoms with E-state index in [1.807, 2.05) is 17.0 Å². The molecule has 2 heterocycles. The minimum atomic E-state index is -0.560. The van der Waals surface area contributed by atoms with Crippen molar-refractivity contribution in [3.05, 3.63) is 64.8 Å². The number of fused-ring (bicyclic) bond motifs is 3. The number of aromatic nitrogens is 1. The highest BCUT2D eigenvalue weighted by Gasteiger charge is 2.24. The Morgan fingerprint density at radius 1 is 1.15 bits per heavy atom. The van der Waals surface area contributed by atoms with Gasteiger partial charge >= 0.3 is 6.09 Å². The third kappa shape index (κ3) is 5.66. The molecular weight excluding hydrogens is 418 g/mol. The average Bonchev–Trinajstić information content (AvgIpc) is 3.09. The second-order valence-corrected chi connectivity index (χ2v) is 9.55. The van der Waals surface area contributed by atoms with Crippen molar-refractivity contribution >= 4 is 22.9 Å². The highest BCUT2D eigenvalue weighted by atomic mass is 16.6. The van der Waals surface area contributed by atoms with E-state index in [0.717, 1.165) is 29.6 Å². The zero-order valence-corrected chi connectivity index (χ0v) is 19.4. The molecule has 7 heteroatoms.